The average Bonchev–Trinajstić information content (AvgIpc) is 3.06. The van der Waals surface area contributed by atoms with Crippen molar-refractivity contribution in [3.05, 3.63) is 28.8 Å². The molecule has 4 heteroatoms. The molecule has 4 N–H and O–H groups in total. The van der Waals surface area contributed by atoms with Gasteiger partial charge in [0.25, 0.3) is 0 Å². The summed E-state index contributed by atoms with van der Waals surface area (Å²) in [4.78, 5) is 0. The number of phenolic OH excluding ortho intramolecular Hbond substituents is 1. The summed E-state index contributed by atoms with van der Waals surface area (Å²) in [5, 5.41) is 19.6. The minimum Gasteiger partial charge on any atom is -0.507 e. The normalized spacial score (nSPS) is 18.4. The van der Waals surface area contributed by atoms with Crippen LogP contribution in [0.1, 0.15) is 35.6 Å². The third-order valence-electron chi connectivity index (χ3n) is 3.37. The molecule has 1 aromatic carbocycles. The van der Waals surface area contributed by atoms with Crippen LogP contribution >= 0.6 is 12.4 Å². The molecule has 1 aliphatic carbocycles. The Bertz CT molecular complexity index is 381. The Hall–Kier alpha value is -0.770. The summed E-state index contributed by atoms with van der Waals surface area (Å²) in [6, 6.07) is 3.38. The van der Waals surface area contributed by atoms with Crippen LogP contribution in [0.2, 0.25) is 0 Å². The number of hydrogen-bond donors (Lipinski definition) is 3. The van der Waals surface area contributed by atoms with Crippen LogP contribution in [-0.4, -0.2) is 16.3 Å². The number of aliphatic hydroxyl groups excluding tert-OH is 1. The van der Waals surface area contributed by atoms with Crippen molar-refractivity contribution in [3.63, 3.8) is 0 Å². The number of nitrogens with two attached hydrogens (primary N) is 1. The van der Waals surface area contributed by atoms with E-state index in [2.05, 4.69) is 0 Å². The van der Waals surface area contributed by atoms with Crippen LogP contribution in [0.3, 0.4) is 0 Å². The predicted molar refractivity (Wildman–Crippen MR) is 70.5 cm³/mol. The van der Waals surface area contributed by atoms with E-state index in [-0.39, 0.29) is 18.4 Å². The molecule has 0 heterocycles. The fraction of sp³-hybridized carbons (Fsp3) is 0.538. The number of halogens is 1. The van der Waals surface area contributed by atoms with Crippen LogP contribution < -0.4 is 5.73 Å². The monoisotopic (exact) mass is 257 g/mol. The van der Waals surface area contributed by atoms with Gasteiger partial charge in [-0.3, -0.25) is 0 Å². The van der Waals surface area contributed by atoms with Crippen molar-refractivity contribution in [2.75, 3.05) is 0 Å². The summed E-state index contributed by atoms with van der Waals surface area (Å²) >= 11 is 0. The summed E-state index contributed by atoms with van der Waals surface area (Å²) < 4.78 is 0. The minimum atomic E-state index is -0.455. The van der Waals surface area contributed by atoms with Gasteiger partial charge in [-0.15, -0.1) is 12.4 Å². The molecule has 0 unspecified atom stereocenters. The van der Waals surface area contributed by atoms with Crippen LogP contribution in [0, 0.1) is 19.8 Å². The molecular weight excluding hydrogens is 238 g/mol. The molecule has 1 fully saturated rings. The van der Waals surface area contributed by atoms with Crippen molar-refractivity contribution in [1.29, 1.82) is 0 Å². The zero-order chi connectivity index (χ0) is 11.9. The molecule has 17 heavy (non-hydrogen) atoms. The Morgan fingerprint density at radius 3 is 2.12 bits per heavy atom. The summed E-state index contributed by atoms with van der Waals surface area (Å²) in [5.41, 5.74) is 8.57. The van der Waals surface area contributed by atoms with Gasteiger partial charge in [0.15, 0.2) is 0 Å². The minimum absolute atomic E-state index is 0. The molecule has 3 nitrogen and oxygen atoms in total. The smallest absolute Gasteiger partial charge is 0.121 e. The third-order valence-corrected chi connectivity index (χ3v) is 3.37. The highest BCUT2D eigenvalue weighted by molar-refractivity contribution is 5.85. The first-order valence-electron chi connectivity index (χ1n) is 5.74. The van der Waals surface area contributed by atoms with Gasteiger partial charge >= 0.3 is 0 Å². The number of aliphatic hydroxyl groups is 1. The lowest BCUT2D eigenvalue weighted by Crippen LogP contribution is -2.28. The van der Waals surface area contributed by atoms with E-state index in [0.717, 1.165) is 29.5 Å². The van der Waals surface area contributed by atoms with E-state index in [1.165, 1.54) is 0 Å². The van der Waals surface area contributed by atoms with E-state index in [0.29, 0.717) is 11.7 Å². The second-order valence-electron chi connectivity index (χ2n) is 4.86. The van der Waals surface area contributed by atoms with Crippen LogP contribution in [0.25, 0.3) is 0 Å². The third kappa shape index (κ3) is 2.92. The van der Waals surface area contributed by atoms with Crippen molar-refractivity contribution in [2.24, 2.45) is 11.7 Å². The largest absolute Gasteiger partial charge is 0.507 e. The summed E-state index contributed by atoms with van der Waals surface area (Å²) in [6.07, 6.45) is 1.69. The van der Waals surface area contributed by atoms with Gasteiger partial charge in [0.2, 0.25) is 0 Å². The van der Waals surface area contributed by atoms with E-state index in [1.807, 2.05) is 26.0 Å². The summed E-state index contributed by atoms with van der Waals surface area (Å²) in [6.45, 7) is 3.70. The number of aryl methyl sites for hydroxylation is 2. The summed E-state index contributed by atoms with van der Waals surface area (Å²) in [5.74, 6) is 0.682. The maximum Gasteiger partial charge on any atom is 0.121 e. The lowest BCUT2D eigenvalue weighted by molar-refractivity contribution is 0.122. The molecule has 1 aliphatic rings. The molecule has 0 spiro atoms. The molecule has 0 radical (unpaired) electrons. The molecule has 1 aromatic rings. The molecule has 0 bridgehead atoms. The molecule has 2 atom stereocenters. The first-order chi connectivity index (χ1) is 7.50. The van der Waals surface area contributed by atoms with Crippen LogP contribution in [0.5, 0.6) is 5.75 Å². The highest BCUT2D eigenvalue weighted by Gasteiger charge is 2.34. The van der Waals surface area contributed by atoms with E-state index >= 15 is 0 Å². The van der Waals surface area contributed by atoms with Crippen molar-refractivity contribution < 1.29 is 10.2 Å². The SMILES string of the molecule is Cc1cc([C@@H](N)[C@@H](O)C2CC2)cc(C)c1O.Cl. The Balaban J connectivity index is 0.00000144. The Labute approximate surface area is 108 Å². The van der Waals surface area contributed by atoms with E-state index in [1.54, 1.807) is 0 Å². The van der Waals surface area contributed by atoms with E-state index < -0.39 is 6.10 Å². The Kier molecular flexibility index (Phi) is 4.42. The number of phenols is 1. The van der Waals surface area contributed by atoms with Gasteiger partial charge in [-0.1, -0.05) is 12.1 Å². The topological polar surface area (TPSA) is 66.5 Å². The quantitative estimate of drug-likeness (QED) is 0.778. The maximum atomic E-state index is 9.97. The number of rotatable bonds is 3. The van der Waals surface area contributed by atoms with Crippen molar-refractivity contribution in [3.8, 4) is 5.75 Å². The zero-order valence-corrected chi connectivity index (χ0v) is 11.0. The van der Waals surface area contributed by atoms with Gasteiger partial charge < -0.3 is 15.9 Å². The van der Waals surface area contributed by atoms with Crippen LogP contribution in [0.15, 0.2) is 12.1 Å². The van der Waals surface area contributed by atoms with Crippen LogP contribution in [-0.2, 0) is 0 Å². The van der Waals surface area contributed by atoms with Crippen molar-refractivity contribution in [2.45, 2.75) is 38.8 Å². The van der Waals surface area contributed by atoms with Gasteiger partial charge in [-0.25, -0.2) is 0 Å². The van der Waals surface area contributed by atoms with Gasteiger partial charge in [-0.05, 0) is 49.3 Å². The molecular formula is C13H20ClNO2. The molecule has 96 valence electrons. The highest BCUT2D eigenvalue weighted by atomic mass is 35.5. The molecule has 0 aromatic heterocycles. The van der Waals surface area contributed by atoms with Gasteiger partial charge in [0.05, 0.1) is 12.1 Å². The number of hydrogen-bond acceptors (Lipinski definition) is 3. The van der Waals surface area contributed by atoms with Gasteiger partial charge in [0.1, 0.15) is 5.75 Å². The van der Waals surface area contributed by atoms with Crippen molar-refractivity contribution >= 4 is 12.4 Å². The average molecular weight is 258 g/mol. The lowest BCUT2D eigenvalue weighted by Gasteiger charge is -2.20. The molecule has 0 saturated heterocycles. The Morgan fingerprint density at radius 1 is 1.24 bits per heavy atom. The van der Waals surface area contributed by atoms with Crippen molar-refractivity contribution in [1.82, 2.24) is 0 Å². The fourth-order valence-corrected chi connectivity index (χ4v) is 2.11. The van der Waals surface area contributed by atoms with Gasteiger partial charge in [-0.2, -0.15) is 0 Å². The fourth-order valence-electron chi connectivity index (χ4n) is 2.11. The molecule has 2 rings (SSSR count). The van der Waals surface area contributed by atoms with Crippen LogP contribution in [0.4, 0.5) is 0 Å². The van der Waals surface area contributed by atoms with E-state index in [9.17, 15) is 10.2 Å². The van der Waals surface area contributed by atoms with E-state index in [4.69, 9.17) is 5.73 Å². The number of benzene rings is 1. The molecule has 1 saturated carbocycles. The second-order valence-corrected chi connectivity index (χ2v) is 4.86. The first kappa shape index (κ1) is 14.3. The zero-order valence-electron chi connectivity index (χ0n) is 10.2. The maximum absolute atomic E-state index is 9.97. The molecule has 0 amide bonds. The Morgan fingerprint density at radius 2 is 1.71 bits per heavy atom. The highest BCUT2D eigenvalue weighted by Crippen LogP contribution is 2.38. The lowest BCUT2D eigenvalue weighted by atomic mass is 9.95. The van der Waals surface area contributed by atoms with Gasteiger partial charge in [0, 0.05) is 0 Å². The summed E-state index contributed by atoms with van der Waals surface area (Å²) in [7, 11) is 0. The second kappa shape index (κ2) is 5.25. The standard InChI is InChI=1S/C13H19NO2.ClH/c1-7-5-10(6-8(2)12(7)15)11(14)13(16)9-3-4-9;/h5-6,9,11,13,15-16H,3-4,14H2,1-2H3;1H/t11-,13+;/m1./s1. The molecule has 0 aliphatic heterocycles. The number of aromatic hydroxyl groups is 1. The first-order valence-corrected chi connectivity index (χ1v) is 5.74. The predicted octanol–water partition coefficient (Wildman–Crippen LogP) is 2.20.